The lowest BCUT2D eigenvalue weighted by Gasteiger charge is -2.12. The highest BCUT2D eigenvalue weighted by Crippen LogP contribution is 2.32. The average Bonchev–Trinajstić information content (AvgIpc) is 3.30. The lowest BCUT2D eigenvalue weighted by Crippen LogP contribution is -2.40. The van der Waals surface area contributed by atoms with E-state index >= 15 is 0 Å². The Morgan fingerprint density at radius 3 is 2.67 bits per heavy atom. The molecular formula is C21H22ClN5O3. The number of nitrogens with zero attached hydrogens (tertiary/aromatic N) is 2. The molecule has 0 spiro atoms. The summed E-state index contributed by atoms with van der Waals surface area (Å²) in [5.41, 5.74) is 7.84. The van der Waals surface area contributed by atoms with Gasteiger partial charge in [0, 0.05) is 17.6 Å². The third-order valence-corrected chi connectivity index (χ3v) is 5.62. The molecule has 156 valence electrons. The van der Waals surface area contributed by atoms with Crippen LogP contribution in [0.15, 0.2) is 53.3 Å². The van der Waals surface area contributed by atoms with E-state index in [2.05, 4.69) is 16.2 Å². The van der Waals surface area contributed by atoms with Gasteiger partial charge in [-0.15, -0.1) is 0 Å². The molecule has 3 aromatic rings. The third-order valence-electron chi connectivity index (χ3n) is 5.39. The lowest BCUT2D eigenvalue weighted by atomic mass is 10.0. The standard InChI is InChI=1S/C21H22ClN5O3/c1-12-19(21(30)27(26(12)2)14-6-4-3-5-7-14)23-20(29)17-11-16(24-25-17)15-10-13(22)8-9-18(15)28/h3-10,16-17,24-25,28H,11H2,1-2H3,(H,23,29). The number of amides is 1. The van der Waals surface area contributed by atoms with Gasteiger partial charge in [0.15, 0.2) is 0 Å². The zero-order chi connectivity index (χ0) is 21.4. The number of benzene rings is 2. The maximum absolute atomic E-state index is 13.0. The molecule has 2 unspecified atom stereocenters. The summed E-state index contributed by atoms with van der Waals surface area (Å²) in [4.78, 5) is 25.8. The normalized spacial score (nSPS) is 18.5. The maximum atomic E-state index is 13.0. The first-order chi connectivity index (χ1) is 14.4. The van der Waals surface area contributed by atoms with E-state index in [9.17, 15) is 14.7 Å². The second-order valence-corrected chi connectivity index (χ2v) is 7.69. The first-order valence-electron chi connectivity index (χ1n) is 9.51. The Balaban J connectivity index is 1.54. The van der Waals surface area contributed by atoms with Gasteiger partial charge in [0.1, 0.15) is 17.5 Å². The van der Waals surface area contributed by atoms with Gasteiger partial charge in [-0.25, -0.2) is 15.5 Å². The highest BCUT2D eigenvalue weighted by molar-refractivity contribution is 6.30. The minimum atomic E-state index is -0.586. The van der Waals surface area contributed by atoms with Crippen LogP contribution in [0.5, 0.6) is 5.75 Å². The zero-order valence-electron chi connectivity index (χ0n) is 16.5. The Bertz CT molecular complexity index is 1160. The van der Waals surface area contributed by atoms with Crippen molar-refractivity contribution in [2.45, 2.75) is 25.4 Å². The van der Waals surface area contributed by atoms with Crippen LogP contribution in [-0.2, 0) is 11.8 Å². The van der Waals surface area contributed by atoms with Crippen LogP contribution in [0, 0.1) is 6.92 Å². The molecule has 1 fully saturated rings. The molecule has 0 saturated carbocycles. The fourth-order valence-electron chi connectivity index (χ4n) is 3.66. The Hall–Kier alpha value is -3.07. The topological polar surface area (TPSA) is 100 Å². The summed E-state index contributed by atoms with van der Waals surface area (Å²) in [5.74, 6) is -0.234. The SMILES string of the molecule is Cc1c(NC(=O)C2CC(c3cc(Cl)ccc3O)NN2)c(=O)n(-c2ccccc2)n1C. The number of phenolic OH excluding ortho intramolecular Hbond substituents is 1. The molecule has 2 aromatic carbocycles. The molecule has 1 saturated heterocycles. The first-order valence-corrected chi connectivity index (χ1v) is 9.89. The number of hydrazine groups is 1. The minimum absolute atomic E-state index is 0.101. The number of nitrogens with one attached hydrogen (secondary N) is 3. The number of aromatic hydroxyl groups is 1. The second kappa shape index (κ2) is 7.98. The zero-order valence-corrected chi connectivity index (χ0v) is 17.3. The van der Waals surface area contributed by atoms with Crippen molar-refractivity contribution in [2.24, 2.45) is 7.05 Å². The molecule has 8 nitrogen and oxygen atoms in total. The summed E-state index contributed by atoms with van der Waals surface area (Å²) >= 11 is 6.03. The summed E-state index contributed by atoms with van der Waals surface area (Å²) in [6.07, 6.45) is 0.387. The molecule has 0 radical (unpaired) electrons. The molecule has 1 aliphatic rings. The van der Waals surface area contributed by atoms with Crippen LogP contribution in [0.2, 0.25) is 5.02 Å². The van der Waals surface area contributed by atoms with E-state index in [-0.39, 0.29) is 28.9 Å². The van der Waals surface area contributed by atoms with Crippen molar-refractivity contribution in [2.75, 3.05) is 5.32 Å². The van der Waals surface area contributed by atoms with Gasteiger partial charge >= 0.3 is 0 Å². The van der Waals surface area contributed by atoms with Crippen LogP contribution < -0.4 is 21.7 Å². The van der Waals surface area contributed by atoms with Gasteiger partial charge < -0.3 is 10.4 Å². The van der Waals surface area contributed by atoms with Crippen molar-refractivity contribution < 1.29 is 9.90 Å². The Morgan fingerprint density at radius 1 is 1.20 bits per heavy atom. The molecule has 1 aromatic heterocycles. The number of hydrogen-bond acceptors (Lipinski definition) is 5. The van der Waals surface area contributed by atoms with Crippen molar-refractivity contribution in [1.29, 1.82) is 0 Å². The lowest BCUT2D eigenvalue weighted by molar-refractivity contribution is -0.117. The van der Waals surface area contributed by atoms with Crippen LogP contribution in [0.25, 0.3) is 5.69 Å². The van der Waals surface area contributed by atoms with Crippen molar-refractivity contribution in [3.8, 4) is 11.4 Å². The number of phenols is 1. The number of carbonyl (C=O) groups excluding carboxylic acids is 1. The molecule has 9 heteroatoms. The Morgan fingerprint density at radius 2 is 1.93 bits per heavy atom. The number of anilines is 1. The molecule has 2 heterocycles. The number of hydrogen-bond donors (Lipinski definition) is 4. The highest BCUT2D eigenvalue weighted by Gasteiger charge is 2.32. The molecule has 1 amide bonds. The summed E-state index contributed by atoms with van der Waals surface area (Å²) < 4.78 is 3.22. The molecule has 4 N–H and O–H groups in total. The van der Waals surface area contributed by atoms with Crippen LogP contribution >= 0.6 is 11.6 Å². The first kappa shape index (κ1) is 20.2. The summed E-state index contributed by atoms with van der Waals surface area (Å²) in [7, 11) is 1.77. The summed E-state index contributed by atoms with van der Waals surface area (Å²) in [6.45, 7) is 1.78. The molecule has 0 aliphatic carbocycles. The van der Waals surface area contributed by atoms with E-state index in [1.54, 1.807) is 30.8 Å². The maximum Gasteiger partial charge on any atom is 0.295 e. The van der Waals surface area contributed by atoms with Crippen molar-refractivity contribution >= 4 is 23.2 Å². The monoisotopic (exact) mass is 427 g/mol. The van der Waals surface area contributed by atoms with Gasteiger partial charge in [-0.05, 0) is 43.7 Å². The van der Waals surface area contributed by atoms with E-state index in [1.807, 2.05) is 30.3 Å². The number of carbonyl (C=O) groups is 1. The smallest absolute Gasteiger partial charge is 0.295 e. The van der Waals surface area contributed by atoms with E-state index in [1.165, 1.54) is 10.7 Å². The van der Waals surface area contributed by atoms with Crippen molar-refractivity contribution in [3.63, 3.8) is 0 Å². The van der Waals surface area contributed by atoms with Gasteiger partial charge in [0.2, 0.25) is 5.91 Å². The fourth-order valence-corrected chi connectivity index (χ4v) is 3.84. The predicted molar refractivity (Wildman–Crippen MR) is 115 cm³/mol. The summed E-state index contributed by atoms with van der Waals surface area (Å²) in [5, 5.41) is 13.4. The number of rotatable bonds is 4. The molecule has 30 heavy (non-hydrogen) atoms. The fraction of sp³-hybridized carbons (Fsp3) is 0.238. The minimum Gasteiger partial charge on any atom is -0.508 e. The van der Waals surface area contributed by atoms with Crippen LogP contribution in [0.1, 0.15) is 23.7 Å². The number of halogens is 1. The van der Waals surface area contributed by atoms with Crippen LogP contribution in [0.4, 0.5) is 5.69 Å². The second-order valence-electron chi connectivity index (χ2n) is 7.26. The van der Waals surface area contributed by atoms with E-state index in [0.717, 1.165) is 0 Å². The molecule has 0 bridgehead atoms. The Labute approximate surface area is 178 Å². The molecular weight excluding hydrogens is 406 g/mol. The van der Waals surface area contributed by atoms with Gasteiger partial charge in [-0.1, -0.05) is 29.8 Å². The van der Waals surface area contributed by atoms with Gasteiger partial charge in [-0.2, -0.15) is 0 Å². The summed E-state index contributed by atoms with van der Waals surface area (Å²) in [6, 6.07) is 13.1. The van der Waals surface area contributed by atoms with E-state index in [0.29, 0.717) is 28.4 Å². The van der Waals surface area contributed by atoms with E-state index in [4.69, 9.17) is 11.6 Å². The largest absolute Gasteiger partial charge is 0.508 e. The molecule has 2 atom stereocenters. The number of aromatic nitrogens is 2. The van der Waals surface area contributed by atoms with Crippen molar-refractivity contribution in [1.82, 2.24) is 20.2 Å². The van der Waals surface area contributed by atoms with Crippen LogP contribution in [-0.4, -0.2) is 26.4 Å². The average molecular weight is 428 g/mol. The molecule has 4 rings (SSSR count). The Kier molecular flexibility index (Phi) is 5.38. The van der Waals surface area contributed by atoms with Crippen molar-refractivity contribution in [3.05, 3.63) is 75.2 Å². The predicted octanol–water partition coefficient (Wildman–Crippen LogP) is 2.39. The quantitative estimate of drug-likeness (QED) is 0.512. The van der Waals surface area contributed by atoms with Gasteiger partial charge in [0.05, 0.1) is 17.4 Å². The van der Waals surface area contributed by atoms with Gasteiger partial charge in [0.25, 0.3) is 5.56 Å². The third kappa shape index (κ3) is 3.60. The van der Waals surface area contributed by atoms with Crippen LogP contribution in [0.3, 0.4) is 0 Å². The van der Waals surface area contributed by atoms with Gasteiger partial charge in [-0.3, -0.25) is 14.3 Å². The molecule has 1 aliphatic heterocycles. The van der Waals surface area contributed by atoms with E-state index < -0.39 is 6.04 Å². The highest BCUT2D eigenvalue weighted by atomic mass is 35.5. The number of para-hydroxylation sites is 1.